The average molecular weight is 322 g/mol. The fourth-order valence-corrected chi connectivity index (χ4v) is 2.85. The number of rotatable bonds is 3. The smallest absolute Gasteiger partial charge is 0.177 e. The van der Waals surface area contributed by atoms with E-state index in [0.29, 0.717) is 22.0 Å². The lowest BCUT2D eigenvalue weighted by Gasteiger charge is -2.13. The maximum Gasteiger partial charge on any atom is 0.177 e. The molecule has 3 N–H and O–H groups in total. The van der Waals surface area contributed by atoms with Crippen LogP contribution in [-0.2, 0) is 9.84 Å². The Kier molecular flexibility index (Phi) is 4.07. The number of nitrogens with zero attached hydrogens (tertiary/aromatic N) is 1. The van der Waals surface area contributed by atoms with Crippen LogP contribution in [0.25, 0.3) is 0 Å². The summed E-state index contributed by atoms with van der Waals surface area (Å²) in [6.45, 7) is 0. The second-order valence-corrected chi connectivity index (χ2v) is 6.84. The Labute approximate surface area is 127 Å². The molecule has 2 aromatic rings. The first-order valence-corrected chi connectivity index (χ1v) is 8.15. The molecule has 0 unspecified atom stereocenters. The van der Waals surface area contributed by atoms with E-state index in [1.165, 1.54) is 6.07 Å². The van der Waals surface area contributed by atoms with Crippen LogP contribution >= 0.6 is 11.6 Å². The van der Waals surface area contributed by atoms with Gasteiger partial charge in [0.15, 0.2) is 9.84 Å². The number of hydrogen-bond donors (Lipinski definition) is 2. The van der Waals surface area contributed by atoms with Crippen LogP contribution in [0.15, 0.2) is 41.3 Å². The molecule has 0 aromatic heterocycles. The average Bonchev–Trinajstić information content (AvgIpc) is 2.40. The van der Waals surface area contributed by atoms with Gasteiger partial charge < -0.3 is 11.1 Å². The second kappa shape index (κ2) is 5.64. The third-order valence-corrected chi connectivity index (χ3v) is 4.23. The highest BCUT2D eigenvalue weighted by molar-refractivity contribution is 7.90. The van der Waals surface area contributed by atoms with Gasteiger partial charge in [-0.05, 0) is 30.3 Å². The molecular weight excluding hydrogens is 310 g/mol. The van der Waals surface area contributed by atoms with Gasteiger partial charge in [-0.3, -0.25) is 0 Å². The molecule has 0 aliphatic heterocycles. The summed E-state index contributed by atoms with van der Waals surface area (Å²) >= 11 is 5.91. The van der Waals surface area contributed by atoms with Crippen molar-refractivity contribution < 1.29 is 8.42 Å². The molecule has 0 saturated heterocycles. The maximum absolute atomic E-state index is 11.7. The number of benzene rings is 2. The first kappa shape index (κ1) is 15.2. The Bertz CT molecular complexity index is 842. The molecule has 0 saturated carbocycles. The Morgan fingerprint density at radius 2 is 1.95 bits per heavy atom. The van der Waals surface area contributed by atoms with E-state index in [-0.39, 0.29) is 10.6 Å². The van der Waals surface area contributed by atoms with Gasteiger partial charge in [0.1, 0.15) is 6.07 Å². The van der Waals surface area contributed by atoms with Crippen LogP contribution in [-0.4, -0.2) is 14.7 Å². The third-order valence-electron chi connectivity index (χ3n) is 2.84. The molecule has 5 nitrogen and oxygen atoms in total. The van der Waals surface area contributed by atoms with Gasteiger partial charge in [-0.15, -0.1) is 0 Å². The monoisotopic (exact) mass is 321 g/mol. The van der Waals surface area contributed by atoms with Crippen LogP contribution in [0.1, 0.15) is 5.56 Å². The standard InChI is InChI=1S/C14H12ClN3O2S/c1-21(19,20)13-4-2-3-11(14(13)17)18-12-7-10(15)6-5-9(12)8-16/h2-7,18H,17H2,1H3. The van der Waals surface area contributed by atoms with Crippen LogP contribution in [0.4, 0.5) is 17.1 Å². The molecule has 0 heterocycles. The van der Waals surface area contributed by atoms with Crippen LogP contribution in [0, 0.1) is 11.3 Å². The van der Waals surface area contributed by atoms with E-state index in [4.69, 9.17) is 22.6 Å². The number of nitriles is 1. The molecule has 0 aliphatic carbocycles. The van der Waals surface area contributed by atoms with Crippen LogP contribution in [0.3, 0.4) is 0 Å². The van der Waals surface area contributed by atoms with Gasteiger partial charge in [0, 0.05) is 11.3 Å². The van der Waals surface area contributed by atoms with E-state index in [2.05, 4.69) is 5.32 Å². The summed E-state index contributed by atoms with van der Waals surface area (Å²) in [5.74, 6) is 0. The molecule has 2 aromatic carbocycles. The van der Waals surface area contributed by atoms with Crippen LogP contribution in [0.2, 0.25) is 5.02 Å². The Morgan fingerprint density at radius 3 is 2.57 bits per heavy atom. The van der Waals surface area contributed by atoms with E-state index in [0.717, 1.165) is 6.26 Å². The molecule has 108 valence electrons. The van der Waals surface area contributed by atoms with Crippen LogP contribution in [0.5, 0.6) is 0 Å². The zero-order valence-electron chi connectivity index (χ0n) is 11.1. The first-order chi connectivity index (χ1) is 9.82. The van der Waals surface area contributed by atoms with E-state index in [1.807, 2.05) is 6.07 Å². The van der Waals surface area contributed by atoms with Crippen molar-refractivity contribution in [1.29, 1.82) is 5.26 Å². The molecule has 0 fully saturated rings. The lowest BCUT2D eigenvalue weighted by atomic mass is 10.2. The number of para-hydroxylation sites is 1. The lowest BCUT2D eigenvalue weighted by Crippen LogP contribution is -2.05. The van der Waals surface area contributed by atoms with Gasteiger partial charge in [-0.1, -0.05) is 17.7 Å². The van der Waals surface area contributed by atoms with Gasteiger partial charge >= 0.3 is 0 Å². The van der Waals surface area contributed by atoms with Crippen LogP contribution < -0.4 is 11.1 Å². The highest BCUT2D eigenvalue weighted by Gasteiger charge is 2.15. The molecule has 0 spiro atoms. The summed E-state index contributed by atoms with van der Waals surface area (Å²) in [5.41, 5.74) is 7.23. The van der Waals surface area contributed by atoms with Gasteiger partial charge in [0.2, 0.25) is 0 Å². The molecule has 0 aliphatic rings. The predicted octanol–water partition coefficient (Wildman–Crippen LogP) is 2.94. The number of hydrogen-bond acceptors (Lipinski definition) is 5. The summed E-state index contributed by atoms with van der Waals surface area (Å²) in [5, 5.41) is 12.5. The number of sulfone groups is 1. The summed E-state index contributed by atoms with van der Waals surface area (Å²) in [6, 6.07) is 11.4. The fraction of sp³-hybridized carbons (Fsp3) is 0.0714. The van der Waals surface area contributed by atoms with Crippen molar-refractivity contribution >= 4 is 38.5 Å². The predicted molar refractivity (Wildman–Crippen MR) is 83.4 cm³/mol. The summed E-state index contributed by atoms with van der Waals surface area (Å²) in [4.78, 5) is 0.0352. The molecular formula is C14H12ClN3O2S. The minimum atomic E-state index is -3.43. The van der Waals surface area contributed by atoms with E-state index >= 15 is 0 Å². The highest BCUT2D eigenvalue weighted by atomic mass is 35.5. The first-order valence-electron chi connectivity index (χ1n) is 5.88. The molecule has 0 bridgehead atoms. The number of anilines is 3. The molecule has 0 amide bonds. The molecule has 0 radical (unpaired) electrons. The number of nitrogens with one attached hydrogen (secondary N) is 1. The molecule has 7 heteroatoms. The van der Waals surface area contributed by atoms with Crippen molar-refractivity contribution in [2.45, 2.75) is 4.90 Å². The summed E-state index contributed by atoms with van der Waals surface area (Å²) in [7, 11) is -3.43. The number of nitrogens with two attached hydrogens (primary N) is 1. The highest BCUT2D eigenvalue weighted by Crippen LogP contribution is 2.31. The van der Waals surface area contributed by atoms with Crippen molar-refractivity contribution in [1.82, 2.24) is 0 Å². The second-order valence-electron chi connectivity index (χ2n) is 4.42. The Hall–Kier alpha value is -2.23. The Balaban J connectivity index is 2.51. The largest absolute Gasteiger partial charge is 0.396 e. The topological polar surface area (TPSA) is 96.0 Å². The lowest BCUT2D eigenvalue weighted by molar-refractivity contribution is 0.602. The van der Waals surface area contributed by atoms with Crippen molar-refractivity contribution in [3.8, 4) is 6.07 Å². The summed E-state index contributed by atoms with van der Waals surface area (Å²) < 4.78 is 23.3. The fourth-order valence-electron chi connectivity index (χ4n) is 1.84. The van der Waals surface area contributed by atoms with Gasteiger partial charge in [-0.25, -0.2) is 8.42 Å². The van der Waals surface area contributed by atoms with Crippen molar-refractivity contribution in [2.75, 3.05) is 17.3 Å². The van der Waals surface area contributed by atoms with E-state index in [1.54, 1.807) is 30.3 Å². The molecule has 0 atom stereocenters. The normalized spacial score (nSPS) is 10.9. The minimum absolute atomic E-state index is 0.0352. The SMILES string of the molecule is CS(=O)(=O)c1cccc(Nc2cc(Cl)ccc2C#N)c1N. The number of halogens is 1. The van der Waals surface area contributed by atoms with Crippen molar-refractivity contribution in [2.24, 2.45) is 0 Å². The Morgan fingerprint density at radius 1 is 1.24 bits per heavy atom. The zero-order chi connectivity index (χ0) is 15.6. The van der Waals surface area contributed by atoms with Gasteiger partial charge in [0.25, 0.3) is 0 Å². The third kappa shape index (κ3) is 3.27. The zero-order valence-corrected chi connectivity index (χ0v) is 12.7. The molecule has 2 rings (SSSR count). The van der Waals surface area contributed by atoms with Crippen molar-refractivity contribution in [3.63, 3.8) is 0 Å². The maximum atomic E-state index is 11.7. The van der Waals surface area contributed by atoms with Gasteiger partial charge in [-0.2, -0.15) is 5.26 Å². The van der Waals surface area contributed by atoms with E-state index in [9.17, 15) is 8.42 Å². The summed E-state index contributed by atoms with van der Waals surface area (Å²) in [6.07, 6.45) is 1.09. The van der Waals surface area contributed by atoms with E-state index < -0.39 is 9.84 Å². The number of nitrogen functional groups attached to an aromatic ring is 1. The minimum Gasteiger partial charge on any atom is -0.396 e. The quantitative estimate of drug-likeness (QED) is 0.847. The molecule has 21 heavy (non-hydrogen) atoms. The van der Waals surface area contributed by atoms with Gasteiger partial charge in [0.05, 0.1) is 27.5 Å². The van der Waals surface area contributed by atoms with Crippen molar-refractivity contribution in [3.05, 3.63) is 47.0 Å².